The fourth-order valence-electron chi connectivity index (χ4n) is 5.25. The first-order valence-electron chi connectivity index (χ1n) is 9.22. The van der Waals surface area contributed by atoms with Crippen LogP contribution in [0.3, 0.4) is 0 Å². The van der Waals surface area contributed by atoms with E-state index in [9.17, 15) is 24.5 Å². The van der Waals surface area contributed by atoms with E-state index in [2.05, 4.69) is 0 Å². The summed E-state index contributed by atoms with van der Waals surface area (Å²) in [5.74, 6) is -2.40. The van der Waals surface area contributed by atoms with Crippen LogP contribution < -0.4 is 4.90 Å². The smallest absolute Gasteiger partial charge is 0.277 e. The summed E-state index contributed by atoms with van der Waals surface area (Å²) >= 11 is 0. The van der Waals surface area contributed by atoms with Crippen molar-refractivity contribution >= 4 is 39.9 Å². The molecule has 4 atom stereocenters. The van der Waals surface area contributed by atoms with Crippen LogP contribution in [0, 0.1) is 27.9 Å². The Morgan fingerprint density at radius 1 is 0.929 bits per heavy atom. The lowest BCUT2D eigenvalue weighted by atomic mass is 9.66. The molecule has 28 heavy (non-hydrogen) atoms. The van der Waals surface area contributed by atoms with Gasteiger partial charge in [0.25, 0.3) is 5.69 Å². The van der Waals surface area contributed by atoms with Gasteiger partial charge in [-0.05, 0) is 25.0 Å². The average Bonchev–Trinajstić information content (AvgIpc) is 2.96. The number of fused-ring (bicyclic) bond motifs is 3. The average molecular weight is 379 g/mol. The van der Waals surface area contributed by atoms with Gasteiger partial charge in [0, 0.05) is 24.5 Å². The first-order valence-corrected chi connectivity index (χ1v) is 9.22. The number of carbonyl (C=O) groups excluding carboxylic acids is 3. The molecule has 3 saturated heterocycles. The van der Waals surface area contributed by atoms with Crippen LogP contribution in [0.25, 0.3) is 10.8 Å². The molecule has 0 spiro atoms. The normalized spacial score (nSPS) is 29.0. The Bertz CT molecular complexity index is 1080. The van der Waals surface area contributed by atoms with Crippen LogP contribution in [0.15, 0.2) is 36.4 Å². The highest BCUT2D eigenvalue weighted by Gasteiger charge is 2.63. The zero-order valence-electron chi connectivity index (χ0n) is 15.1. The fourth-order valence-corrected chi connectivity index (χ4v) is 5.25. The molecule has 1 unspecified atom stereocenters. The zero-order chi connectivity index (χ0) is 19.7. The van der Waals surface area contributed by atoms with E-state index in [0.717, 1.165) is 4.90 Å². The fraction of sp³-hybridized carbons (Fsp3) is 0.350. The maximum absolute atomic E-state index is 13.3. The molecule has 2 bridgehead atoms. The summed E-state index contributed by atoms with van der Waals surface area (Å²) in [4.78, 5) is 52.7. The van der Waals surface area contributed by atoms with E-state index in [0.29, 0.717) is 29.3 Å². The molecule has 6 rings (SSSR count). The van der Waals surface area contributed by atoms with Crippen LogP contribution in [-0.2, 0) is 14.4 Å². The minimum absolute atomic E-state index is 0.0749. The van der Waals surface area contributed by atoms with Gasteiger partial charge in [0.15, 0.2) is 0 Å². The quantitative estimate of drug-likeness (QED) is 0.452. The van der Waals surface area contributed by atoms with Gasteiger partial charge in [-0.3, -0.25) is 24.5 Å². The summed E-state index contributed by atoms with van der Waals surface area (Å²) in [6.45, 7) is 0. The Hall–Kier alpha value is -3.29. The van der Waals surface area contributed by atoms with Gasteiger partial charge in [0.1, 0.15) is 0 Å². The van der Waals surface area contributed by atoms with E-state index in [4.69, 9.17) is 0 Å². The largest absolute Gasteiger partial charge is 0.342 e. The number of hydrogen-bond acceptors (Lipinski definition) is 5. The second kappa shape index (κ2) is 5.60. The lowest BCUT2D eigenvalue weighted by Gasteiger charge is -2.47. The summed E-state index contributed by atoms with van der Waals surface area (Å²) in [5.41, 5.74) is 0.269. The van der Waals surface area contributed by atoms with Crippen molar-refractivity contribution in [2.45, 2.75) is 18.9 Å². The minimum atomic E-state index is -0.635. The van der Waals surface area contributed by atoms with Crippen molar-refractivity contribution in [2.24, 2.45) is 17.8 Å². The lowest BCUT2D eigenvalue weighted by Crippen LogP contribution is -2.60. The van der Waals surface area contributed by atoms with Crippen molar-refractivity contribution in [2.75, 3.05) is 11.9 Å². The Balaban J connectivity index is 1.67. The van der Waals surface area contributed by atoms with Crippen LogP contribution in [0.5, 0.6) is 0 Å². The topological polar surface area (TPSA) is 101 Å². The Kier molecular flexibility index (Phi) is 3.37. The Morgan fingerprint density at radius 3 is 2.32 bits per heavy atom. The number of anilines is 1. The predicted molar refractivity (Wildman–Crippen MR) is 99.4 cm³/mol. The number of benzene rings is 2. The van der Waals surface area contributed by atoms with Gasteiger partial charge in [-0.15, -0.1) is 0 Å². The number of hydrogen-bond donors (Lipinski definition) is 0. The van der Waals surface area contributed by atoms with Gasteiger partial charge in [-0.1, -0.05) is 18.2 Å². The SMILES string of the molecule is CN1C(=O)C2CC[C@@H]1[C@H]1C(=O)N(c3ccc([N+](=O)[O-])c4ccccc34)C(=O)[C@@H]21. The molecule has 4 fully saturated rings. The first-order chi connectivity index (χ1) is 13.4. The highest BCUT2D eigenvalue weighted by atomic mass is 16.6. The summed E-state index contributed by atoms with van der Waals surface area (Å²) < 4.78 is 0. The molecule has 3 aliphatic heterocycles. The van der Waals surface area contributed by atoms with Crippen LogP contribution in [0.2, 0.25) is 0 Å². The molecule has 142 valence electrons. The van der Waals surface area contributed by atoms with Gasteiger partial charge in [0.05, 0.1) is 33.8 Å². The summed E-state index contributed by atoms with van der Waals surface area (Å²) in [6, 6.07) is 9.19. The van der Waals surface area contributed by atoms with Crippen molar-refractivity contribution < 1.29 is 19.3 Å². The Labute approximate surface area is 159 Å². The minimum Gasteiger partial charge on any atom is -0.342 e. The second-order valence-corrected chi connectivity index (χ2v) is 7.67. The van der Waals surface area contributed by atoms with Gasteiger partial charge < -0.3 is 4.90 Å². The second-order valence-electron chi connectivity index (χ2n) is 7.67. The highest BCUT2D eigenvalue weighted by Crippen LogP contribution is 2.50. The summed E-state index contributed by atoms with van der Waals surface area (Å²) in [6.07, 6.45) is 1.32. The number of nitro benzene ring substituents is 1. The molecule has 0 radical (unpaired) electrons. The number of nitrogens with zero attached hydrogens (tertiary/aromatic N) is 3. The maximum Gasteiger partial charge on any atom is 0.277 e. The number of carbonyl (C=O) groups is 3. The molecular formula is C20H17N3O5. The van der Waals surface area contributed by atoms with E-state index in [1.54, 1.807) is 36.2 Å². The van der Waals surface area contributed by atoms with Crippen molar-refractivity contribution in [3.05, 3.63) is 46.5 Å². The molecule has 2 aromatic rings. The van der Waals surface area contributed by atoms with Crippen molar-refractivity contribution in [3.8, 4) is 0 Å². The van der Waals surface area contributed by atoms with Crippen molar-refractivity contribution in [1.29, 1.82) is 0 Å². The van der Waals surface area contributed by atoms with Gasteiger partial charge >= 0.3 is 0 Å². The number of imide groups is 1. The van der Waals surface area contributed by atoms with Crippen molar-refractivity contribution in [3.63, 3.8) is 0 Å². The zero-order valence-corrected chi connectivity index (χ0v) is 15.1. The molecule has 3 heterocycles. The standard InChI is InChI=1S/C20H17N3O5/c1-21-15-7-6-12(18(21)24)16-17(15)20(26)22(19(16)25)13-8-9-14(23(27)28)11-5-3-2-4-10(11)13/h2-5,8-9,12,15-17H,6-7H2,1H3/t12?,15-,16+,17-/m1/s1. The van der Waals surface area contributed by atoms with E-state index < -0.39 is 22.7 Å². The van der Waals surface area contributed by atoms with Crippen LogP contribution in [0.1, 0.15) is 12.8 Å². The number of non-ortho nitro benzene ring substituents is 1. The molecule has 8 nitrogen and oxygen atoms in total. The molecule has 1 saturated carbocycles. The third-order valence-corrected chi connectivity index (χ3v) is 6.50. The van der Waals surface area contributed by atoms with Gasteiger partial charge in [-0.2, -0.15) is 0 Å². The number of nitro groups is 1. The first kappa shape index (κ1) is 16.9. The van der Waals surface area contributed by atoms with Gasteiger partial charge in [0.2, 0.25) is 17.7 Å². The van der Waals surface area contributed by atoms with E-state index in [-0.39, 0.29) is 29.5 Å². The summed E-state index contributed by atoms with van der Waals surface area (Å²) in [7, 11) is 1.69. The van der Waals surface area contributed by atoms with Crippen LogP contribution in [-0.4, -0.2) is 40.6 Å². The maximum atomic E-state index is 13.3. The van der Waals surface area contributed by atoms with E-state index in [1.165, 1.54) is 12.1 Å². The highest BCUT2D eigenvalue weighted by molar-refractivity contribution is 6.26. The third-order valence-electron chi connectivity index (χ3n) is 6.50. The number of rotatable bonds is 2. The number of amides is 3. The monoisotopic (exact) mass is 379 g/mol. The van der Waals surface area contributed by atoms with Crippen molar-refractivity contribution in [1.82, 2.24) is 4.90 Å². The van der Waals surface area contributed by atoms with Gasteiger partial charge in [-0.25, -0.2) is 4.90 Å². The molecule has 2 aromatic carbocycles. The lowest BCUT2D eigenvalue weighted by molar-refractivity contribution is -0.383. The molecule has 8 heteroatoms. The summed E-state index contributed by atoms with van der Waals surface area (Å²) in [5, 5.41) is 12.2. The van der Waals surface area contributed by atoms with Crippen LogP contribution >= 0.6 is 0 Å². The van der Waals surface area contributed by atoms with Crippen LogP contribution in [0.4, 0.5) is 11.4 Å². The van der Waals surface area contributed by atoms with E-state index in [1.807, 2.05) is 0 Å². The molecule has 4 aliphatic rings. The molecule has 0 aromatic heterocycles. The Morgan fingerprint density at radius 2 is 1.61 bits per heavy atom. The number of piperidine rings is 2. The molecule has 1 aliphatic carbocycles. The third kappa shape index (κ3) is 1.97. The predicted octanol–water partition coefficient (Wildman–Crippen LogP) is 2.10. The van der Waals surface area contributed by atoms with E-state index >= 15 is 0 Å². The molecular weight excluding hydrogens is 362 g/mol. The molecule has 0 N–H and O–H groups in total. The molecule has 3 amide bonds.